The van der Waals surface area contributed by atoms with E-state index < -0.39 is 0 Å². The molecule has 0 unspecified atom stereocenters. The van der Waals surface area contributed by atoms with Crippen molar-refractivity contribution in [2.45, 2.75) is 0 Å². The largest absolute Gasteiger partial charge is 0.306 e. The lowest BCUT2D eigenvalue weighted by Crippen LogP contribution is -2.17. The van der Waals surface area contributed by atoms with Crippen LogP contribution in [-0.2, 0) is 0 Å². The van der Waals surface area contributed by atoms with Crippen molar-refractivity contribution in [2.24, 2.45) is 10.2 Å². The number of hydrogen-bond donors (Lipinski definition) is 2. The van der Waals surface area contributed by atoms with Crippen molar-refractivity contribution in [2.75, 3.05) is 0 Å². The summed E-state index contributed by atoms with van der Waals surface area (Å²) in [6.07, 6.45) is 13.5. The normalized spacial score (nSPS) is 11.2. The van der Waals surface area contributed by atoms with Gasteiger partial charge in [0.05, 0.1) is 25.1 Å². The molecule has 2 N–H and O–H groups in total. The van der Waals surface area contributed by atoms with Gasteiger partial charge in [-0.25, -0.2) is 20.8 Å². The first-order valence-corrected chi connectivity index (χ1v) is 11.6. The summed E-state index contributed by atoms with van der Waals surface area (Å²) in [6.45, 7) is 0. The van der Waals surface area contributed by atoms with Gasteiger partial charge in [0, 0.05) is 47.3 Å². The summed E-state index contributed by atoms with van der Waals surface area (Å²) in [4.78, 5) is 32.8. The van der Waals surface area contributed by atoms with Gasteiger partial charge in [-0.05, 0) is 65.7 Å². The van der Waals surface area contributed by atoms with Crippen LogP contribution in [0.5, 0.6) is 0 Å². The Morgan fingerprint density at radius 3 is 1.50 bits per heavy atom. The highest BCUT2D eigenvalue weighted by atomic mass is 16.2. The molecular formula is C28H22N8O2. The molecule has 0 saturated heterocycles. The van der Waals surface area contributed by atoms with Crippen LogP contribution < -0.4 is 10.9 Å². The van der Waals surface area contributed by atoms with Crippen LogP contribution in [0.4, 0.5) is 0 Å². The predicted molar refractivity (Wildman–Crippen MR) is 144 cm³/mol. The van der Waals surface area contributed by atoms with Crippen molar-refractivity contribution in [1.82, 2.24) is 30.0 Å². The van der Waals surface area contributed by atoms with E-state index in [2.05, 4.69) is 31.0 Å². The smallest absolute Gasteiger partial charge is 0.271 e. The van der Waals surface area contributed by atoms with Crippen molar-refractivity contribution >= 4 is 24.2 Å². The summed E-state index contributed by atoms with van der Waals surface area (Å²) in [5, 5.41) is 8.09. The quantitative estimate of drug-likeness (QED) is 0.249. The predicted octanol–water partition coefficient (Wildman–Crippen LogP) is 3.59. The number of hydrazone groups is 2. The second kappa shape index (κ2) is 11.4. The standard InChI is InChI=1S/C28H22N8O2/c37-27(23-4-8-25(9-5-23)35-14-12-29-19-35)33-31-17-21-2-1-3-22(16-21)18-32-34-28(38)24-6-10-26(11-7-24)36-15-13-30-20-36/h1-20H,(H,33,37)(H,34,38). The molecule has 38 heavy (non-hydrogen) atoms. The first-order valence-electron chi connectivity index (χ1n) is 11.6. The molecule has 0 saturated carbocycles. The fraction of sp³-hybridized carbons (Fsp3) is 0. The highest BCUT2D eigenvalue weighted by Crippen LogP contribution is 2.10. The Bertz CT molecular complexity index is 1450. The minimum Gasteiger partial charge on any atom is -0.306 e. The van der Waals surface area contributed by atoms with E-state index in [9.17, 15) is 9.59 Å². The summed E-state index contributed by atoms with van der Waals surface area (Å²) >= 11 is 0. The molecular weight excluding hydrogens is 480 g/mol. The molecule has 0 radical (unpaired) electrons. The lowest BCUT2D eigenvalue weighted by molar-refractivity contribution is 0.0947. The molecule has 0 aliphatic carbocycles. The Kier molecular flexibility index (Phi) is 7.22. The first-order chi connectivity index (χ1) is 18.7. The molecule has 2 aromatic heterocycles. The van der Waals surface area contributed by atoms with Gasteiger partial charge in [-0.15, -0.1) is 0 Å². The molecule has 2 amide bonds. The Labute approximate surface area is 218 Å². The van der Waals surface area contributed by atoms with E-state index in [0.29, 0.717) is 11.1 Å². The minimum atomic E-state index is -0.322. The third-order valence-electron chi connectivity index (χ3n) is 5.53. The van der Waals surface area contributed by atoms with E-state index in [1.807, 2.05) is 70.1 Å². The monoisotopic (exact) mass is 502 g/mol. The molecule has 0 atom stereocenters. The molecule has 0 aliphatic heterocycles. The number of imidazole rings is 2. The van der Waals surface area contributed by atoms with Crippen molar-refractivity contribution < 1.29 is 9.59 Å². The van der Waals surface area contributed by atoms with Crippen LogP contribution in [0.3, 0.4) is 0 Å². The minimum absolute atomic E-state index is 0.322. The van der Waals surface area contributed by atoms with Crippen LogP contribution in [0.15, 0.2) is 120 Å². The average molecular weight is 503 g/mol. The van der Waals surface area contributed by atoms with Crippen LogP contribution in [0.2, 0.25) is 0 Å². The molecule has 10 heteroatoms. The molecule has 0 fully saturated rings. The van der Waals surface area contributed by atoms with Crippen LogP contribution >= 0.6 is 0 Å². The first kappa shape index (κ1) is 24.1. The van der Waals surface area contributed by atoms with E-state index in [-0.39, 0.29) is 11.8 Å². The maximum Gasteiger partial charge on any atom is 0.271 e. The summed E-state index contributed by atoms with van der Waals surface area (Å²) in [5.74, 6) is -0.645. The number of amides is 2. The number of benzene rings is 3. The van der Waals surface area contributed by atoms with E-state index in [1.54, 1.807) is 49.3 Å². The number of nitrogens with zero attached hydrogens (tertiary/aromatic N) is 6. The lowest BCUT2D eigenvalue weighted by atomic mass is 10.1. The zero-order valence-corrected chi connectivity index (χ0v) is 20.0. The molecule has 2 heterocycles. The second-order valence-electron chi connectivity index (χ2n) is 8.10. The summed E-state index contributed by atoms with van der Waals surface area (Å²) in [7, 11) is 0. The molecule has 0 spiro atoms. The number of carbonyl (C=O) groups is 2. The summed E-state index contributed by atoms with van der Waals surface area (Å²) in [6, 6.07) is 21.5. The van der Waals surface area contributed by atoms with Gasteiger partial charge in [-0.3, -0.25) is 9.59 Å². The highest BCUT2D eigenvalue weighted by molar-refractivity contribution is 5.96. The molecule has 5 aromatic rings. The maximum absolute atomic E-state index is 12.4. The molecule has 186 valence electrons. The van der Waals surface area contributed by atoms with Crippen molar-refractivity contribution in [3.8, 4) is 11.4 Å². The molecule has 0 aliphatic rings. The van der Waals surface area contributed by atoms with Crippen LogP contribution in [0, 0.1) is 0 Å². The van der Waals surface area contributed by atoms with E-state index >= 15 is 0 Å². The van der Waals surface area contributed by atoms with Gasteiger partial charge in [0.25, 0.3) is 11.8 Å². The van der Waals surface area contributed by atoms with Crippen LogP contribution in [0.1, 0.15) is 31.8 Å². The van der Waals surface area contributed by atoms with Crippen LogP contribution in [0.25, 0.3) is 11.4 Å². The van der Waals surface area contributed by atoms with Gasteiger partial charge in [0.1, 0.15) is 0 Å². The van der Waals surface area contributed by atoms with Gasteiger partial charge in [0.2, 0.25) is 0 Å². The summed E-state index contributed by atoms with van der Waals surface area (Å²) in [5.41, 5.74) is 9.34. The van der Waals surface area contributed by atoms with Gasteiger partial charge < -0.3 is 9.13 Å². The lowest BCUT2D eigenvalue weighted by Gasteiger charge is -2.04. The fourth-order valence-electron chi connectivity index (χ4n) is 3.57. The Morgan fingerprint density at radius 1 is 0.658 bits per heavy atom. The average Bonchev–Trinajstić information content (AvgIpc) is 3.69. The number of rotatable bonds is 8. The molecule has 5 rings (SSSR count). The van der Waals surface area contributed by atoms with Crippen molar-refractivity contribution in [1.29, 1.82) is 0 Å². The zero-order valence-electron chi connectivity index (χ0n) is 20.0. The molecule has 3 aromatic carbocycles. The fourth-order valence-corrected chi connectivity index (χ4v) is 3.57. The number of nitrogens with one attached hydrogen (secondary N) is 2. The van der Waals surface area contributed by atoms with Crippen molar-refractivity contribution in [3.63, 3.8) is 0 Å². The van der Waals surface area contributed by atoms with Gasteiger partial charge >= 0.3 is 0 Å². The van der Waals surface area contributed by atoms with Gasteiger partial charge in [-0.2, -0.15) is 10.2 Å². The molecule has 0 bridgehead atoms. The second-order valence-corrected chi connectivity index (χ2v) is 8.10. The molecule has 10 nitrogen and oxygen atoms in total. The summed E-state index contributed by atoms with van der Waals surface area (Å²) < 4.78 is 3.70. The number of hydrogen-bond acceptors (Lipinski definition) is 6. The third-order valence-corrected chi connectivity index (χ3v) is 5.53. The number of aromatic nitrogens is 4. The zero-order chi connectivity index (χ0) is 26.2. The Balaban J connectivity index is 1.13. The van der Waals surface area contributed by atoms with E-state index in [4.69, 9.17) is 0 Å². The van der Waals surface area contributed by atoms with Crippen molar-refractivity contribution in [3.05, 3.63) is 132 Å². The Morgan fingerprint density at radius 2 is 1.11 bits per heavy atom. The van der Waals surface area contributed by atoms with Gasteiger partial charge in [-0.1, -0.05) is 18.2 Å². The topological polar surface area (TPSA) is 119 Å². The van der Waals surface area contributed by atoms with Crippen LogP contribution in [-0.4, -0.2) is 43.3 Å². The van der Waals surface area contributed by atoms with E-state index in [0.717, 1.165) is 22.5 Å². The van der Waals surface area contributed by atoms with E-state index in [1.165, 1.54) is 12.4 Å². The highest BCUT2D eigenvalue weighted by Gasteiger charge is 2.06. The van der Waals surface area contributed by atoms with Gasteiger partial charge in [0.15, 0.2) is 0 Å². The number of carbonyl (C=O) groups excluding carboxylic acids is 2. The SMILES string of the molecule is O=C(NN=Cc1cccc(C=NNC(=O)c2ccc(-n3ccnc3)cc2)c1)c1ccc(-n2ccnc2)cc1. The third kappa shape index (κ3) is 5.94. The maximum atomic E-state index is 12.4. The Hall–Kier alpha value is -5.64.